The van der Waals surface area contributed by atoms with Crippen LogP contribution < -0.4 is 5.32 Å². The molecule has 2 amide bonds. The molecule has 1 aliphatic heterocycles. The number of esters is 1. The molecule has 1 saturated heterocycles. The van der Waals surface area contributed by atoms with Crippen LogP contribution in [0.15, 0.2) is 30.3 Å². The third kappa shape index (κ3) is 6.74. The van der Waals surface area contributed by atoms with Crippen molar-refractivity contribution in [3.05, 3.63) is 35.9 Å². The lowest BCUT2D eigenvalue weighted by molar-refractivity contribution is -0.159. The summed E-state index contributed by atoms with van der Waals surface area (Å²) in [5, 5.41) is 22.2. The quantitative estimate of drug-likeness (QED) is 0.449. The Kier molecular flexibility index (Phi) is 9.59. The van der Waals surface area contributed by atoms with Gasteiger partial charge in [0.15, 0.2) is 0 Å². The van der Waals surface area contributed by atoms with Crippen molar-refractivity contribution in [3.63, 3.8) is 0 Å². The average molecular weight is 526 g/mol. The number of rotatable bonds is 10. The van der Waals surface area contributed by atoms with Crippen molar-refractivity contribution in [2.24, 2.45) is 16.7 Å². The van der Waals surface area contributed by atoms with E-state index in [-0.39, 0.29) is 29.8 Å². The van der Waals surface area contributed by atoms with Gasteiger partial charge in [-0.2, -0.15) is 5.26 Å². The summed E-state index contributed by atoms with van der Waals surface area (Å²) in [6.45, 7) is 11.4. The number of aliphatic hydroxyl groups excluding tert-OH is 1. The third-order valence-corrected chi connectivity index (χ3v) is 9.11. The van der Waals surface area contributed by atoms with Gasteiger partial charge >= 0.3 is 5.97 Å². The van der Waals surface area contributed by atoms with Crippen LogP contribution in [0.4, 0.5) is 0 Å². The molecule has 208 valence electrons. The topological polar surface area (TPSA) is 120 Å². The molecule has 5 unspecified atom stereocenters. The molecule has 0 aromatic heterocycles. The largest absolute Gasteiger partial charge is 0.461 e. The van der Waals surface area contributed by atoms with Crippen LogP contribution in [0.25, 0.3) is 0 Å². The van der Waals surface area contributed by atoms with Crippen LogP contribution in [0.5, 0.6) is 0 Å². The van der Waals surface area contributed by atoms with E-state index < -0.39 is 36.0 Å². The van der Waals surface area contributed by atoms with E-state index in [1.165, 1.54) is 4.90 Å². The fraction of sp³-hybridized carbons (Fsp3) is 0.667. The van der Waals surface area contributed by atoms with Crippen LogP contribution in [0, 0.1) is 28.1 Å². The van der Waals surface area contributed by atoms with Crippen LogP contribution in [-0.2, 0) is 25.5 Å². The van der Waals surface area contributed by atoms with Gasteiger partial charge in [-0.25, -0.2) is 4.79 Å². The summed E-state index contributed by atoms with van der Waals surface area (Å²) >= 11 is 0. The molecule has 1 aliphatic carbocycles. The normalized spacial score (nSPS) is 24.2. The number of nitrogens with zero attached hydrogens (tertiary/aromatic N) is 2. The zero-order valence-corrected chi connectivity index (χ0v) is 23.4. The molecular formula is C30H43N3O5. The Bertz CT molecular complexity index is 1030. The summed E-state index contributed by atoms with van der Waals surface area (Å²) in [6.07, 6.45) is 2.31. The van der Waals surface area contributed by atoms with Gasteiger partial charge in [0.05, 0.1) is 18.6 Å². The first-order valence-corrected chi connectivity index (χ1v) is 13.8. The Morgan fingerprint density at radius 3 is 2.47 bits per heavy atom. The number of likely N-dealkylation sites (tertiary alicyclic amines) is 1. The Labute approximate surface area is 226 Å². The number of benzene rings is 1. The summed E-state index contributed by atoms with van der Waals surface area (Å²) in [6, 6.07) is 9.10. The van der Waals surface area contributed by atoms with Crippen molar-refractivity contribution in [1.82, 2.24) is 10.2 Å². The van der Waals surface area contributed by atoms with Gasteiger partial charge in [-0.1, -0.05) is 58.0 Å². The van der Waals surface area contributed by atoms with Gasteiger partial charge in [-0.15, -0.1) is 0 Å². The molecule has 3 rings (SSSR count). The molecule has 8 nitrogen and oxygen atoms in total. The SMILES string of the molecule is CC(CC1CCC(C)(C)C1(C)C)OC(=O)C1CCCN1C(=O)C(CC#N)NC(=O)C(O)Cc1ccccc1. The van der Waals surface area contributed by atoms with Crippen molar-refractivity contribution in [2.75, 3.05) is 6.54 Å². The monoisotopic (exact) mass is 525 g/mol. The molecule has 1 saturated carbocycles. The van der Waals surface area contributed by atoms with Gasteiger partial charge in [-0.05, 0) is 61.3 Å². The van der Waals surface area contributed by atoms with Crippen molar-refractivity contribution >= 4 is 17.8 Å². The van der Waals surface area contributed by atoms with E-state index in [4.69, 9.17) is 4.74 Å². The molecule has 0 spiro atoms. The average Bonchev–Trinajstić information content (AvgIpc) is 3.43. The lowest BCUT2D eigenvalue weighted by Gasteiger charge is -2.40. The molecule has 2 fully saturated rings. The van der Waals surface area contributed by atoms with E-state index in [1.54, 1.807) is 12.1 Å². The number of nitriles is 1. The first kappa shape index (κ1) is 29.6. The molecule has 0 bridgehead atoms. The molecule has 38 heavy (non-hydrogen) atoms. The Hall–Kier alpha value is -2.92. The smallest absolute Gasteiger partial charge is 0.329 e. The number of nitrogens with one attached hydrogen (secondary N) is 1. The fourth-order valence-corrected chi connectivity index (χ4v) is 5.87. The van der Waals surface area contributed by atoms with E-state index in [9.17, 15) is 24.8 Å². The van der Waals surface area contributed by atoms with Crippen molar-refractivity contribution < 1.29 is 24.2 Å². The summed E-state index contributed by atoms with van der Waals surface area (Å²) in [4.78, 5) is 40.6. The molecule has 2 N–H and O–H groups in total. The van der Waals surface area contributed by atoms with Gasteiger partial charge in [0.25, 0.3) is 0 Å². The molecule has 2 aliphatic rings. The molecule has 1 heterocycles. The minimum atomic E-state index is -1.36. The Morgan fingerprint density at radius 1 is 1.18 bits per heavy atom. The second-order valence-corrected chi connectivity index (χ2v) is 12.1. The van der Waals surface area contributed by atoms with Crippen LogP contribution >= 0.6 is 0 Å². The van der Waals surface area contributed by atoms with E-state index >= 15 is 0 Å². The number of carbonyl (C=O) groups is 3. The molecule has 8 heteroatoms. The van der Waals surface area contributed by atoms with Gasteiger partial charge in [0.1, 0.15) is 18.2 Å². The standard InChI is InChI=1S/C30H43N3O5/c1-20(18-22-13-15-29(2,3)30(22,4)5)38-28(37)24-12-9-17-33(24)27(36)23(14-16-31)32-26(35)25(34)19-21-10-7-6-8-11-21/h6-8,10-11,20,22-25,34H,9,12-15,17-19H2,1-5H3,(H,32,35). The highest BCUT2D eigenvalue weighted by molar-refractivity contribution is 5.92. The number of hydrogen-bond acceptors (Lipinski definition) is 6. The lowest BCUT2D eigenvalue weighted by Crippen LogP contribution is -2.53. The zero-order valence-electron chi connectivity index (χ0n) is 23.4. The molecule has 1 aromatic rings. The van der Waals surface area contributed by atoms with Gasteiger partial charge in [-0.3, -0.25) is 9.59 Å². The van der Waals surface area contributed by atoms with E-state index in [2.05, 4.69) is 33.0 Å². The predicted molar refractivity (Wildman–Crippen MR) is 144 cm³/mol. The first-order valence-electron chi connectivity index (χ1n) is 13.8. The molecule has 5 atom stereocenters. The maximum atomic E-state index is 13.4. The van der Waals surface area contributed by atoms with Gasteiger partial charge in [0, 0.05) is 13.0 Å². The summed E-state index contributed by atoms with van der Waals surface area (Å²) in [7, 11) is 0. The van der Waals surface area contributed by atoms with Crippen molar-refractivity contribution in [2.45, 2.75) is 104 Å². The highest BCUT2D eigenvalue weighted by Gasteiger charge is 2.49. The fourth-order valence-electron chi connectivity index (χ4n) is 5.87. The Morgan fingerprint density at radius 2 is 1.87 bits per heavy atom. The van der Waals surface area contributed by atoms with Gasteiger partial charge < -0.3 is 20.1 Å². The zero-order chi connectivity index (χ0) is 28.1. The molecule has 1 aromatic carbocycles. The highest BCUT2D eigenvalue weighted by atomic mass is 16.5. The van der Waals surface area contributed by atoms with Crippen molar-refractivity contribution in [3.8, 4) is 6.07 Å². The number of aliphatic hydroxyl groups is 1. The Balaban J connectivity index is 1.59. The number of carbonyl (C=O) groups excluding carboxylic acids is 3. The minimum absolute atomic E-state index is 0.0890. The number of hydrogen-bond donors (Lipinski definition) is 2. The van der Waals surface area contributed by atoms with Crippen LogP contribution in [0.2, 0.25) is 0 Å². The second kappa shape index (κ2) is 12.3. The highest BCUT2D eigenvalue weighted by Crippen LogP contribution is 2.57. The predicted octanol–water partition coefficient (Wildman–Crippen LogP) is 3.76. The van der Waals surface area contributed by atoms with Crippen LogP contribution in [0.1, 0.15) is 78.7 Å². The molecular weight excluding hydrogens is 482 g/mol. The van der Waals surface area contributed by atoms with Gasteiger partial charge in [0.2, 0.25) is 11.8 Å². The maximum Gasteiger partial charge on any atom is 0.329 e. The van der Waals surface area contributed by atoms with Crippen LogP contribution in [-0.4, -0.2) is 58.6 Å². The van der Waals surface area contributed by atoms with E-state index in [1.807, 2.05) is 31.2 Å². The summed E-state index contributed by atoms with van der Waals surface area (Å²) < 4.78 is 5.84. The molecule has 0 radical (unpaired) electrons. The number of ether oxygens (including phenoxy) is 1. The van der Waals surface area contributed by atoms with Crippen molar-refractivity contribution in [1.29, 1.82) is 5.26 Å². The van der Waals surface area contributed by atoms with Crippen LogP contribution in [0.3, 0.4) is 0 Å². The van der Waals surface area contributed by atoms with E-state index in [0.29, 0.717) is 25.3 Å². The minimum Gasteiger partial charge on any atom is -0.461 e. The summed E-state index contributed by atoms with van der Waals surface area (Å²) in [5.74, 6) is -1.22. The maximum absolute atomic E-state index is 13.4. The second-order valence-electron chi connectivity index (χ2n) is 12.1. The third-order valence-electron chi connectivity index (χ3n) is 9.11. The summed E-state index contributed by atoms with van der Waals surface area (Å²) in [5.41, 5.74) is 1.14. The first-order chi connectivity index (χ1) is 17.9. The van der Waals surface area contributed by atoms with E-state index in [0.717, 1.165) is 24.8 Å². The number of amides is 2. The lowest BCUT2D eigenvalue weighted by atomic mass is 9.66.